The predicted octanol–water partition coefficient (Wildman–Crippen LogP) is 4.61. The van der Waals surface area contributed by atoms with Crippen LogP contribution >= 0.6 is 0 Å². The maximum Gasteiger partial charge on any atom is 0.162 e. The maximum absolute atomic E-state index is 6.10. The number of nitrogens with one attached hydrogen (secondary N) is 1. The summed E-state index contributed by atoms with van der Waals surface area (Å²) in [6.07, 6.45) is 4.22. The monoisotopic (exact) mass is 407 g/mol. The summed E-state index contributed by atoms with van der Waals surface area (Å²) in [6.45, 7) is 0. The molecule has 2 aromatic carbocycles. The summed E-state index contributed by atoms with van der Waals surface area (Å²) in [5, 5.41) is 4.76. The second kappa shape index (κ2) is 8.79. The Bertz CT molecular complexity index is 1010. The SMILES string of the molecule is COc1ccc(-c2cc(N[C@H]3CC[C@H](N)CC3)c3cc(OC)c(OC)cc3n2)cc1. The average molecular weight is 408 g/mol. The number of nitrogens with zero attached hydrogens (tertiary/aromatic N) is 1. The first-order valence-corrected chi connectivity index (χ1v) is 10.3. The Morgan fingerprint density at radius 3 is 2.17 bits per heavy atom. The van der Waals surface area contributed by atoms with E-state index < -0.39 is 0 Å². The summed E-state index contributed by atoms with van der Waals surface area (Å²) in [5.41, 5.74) is 9.93. The molecule has 1 fully saturated rings. The van der Waals surface area contributed by atoms with Crippen LogP contribution in [0.2, 0.25) is 0 Å². The van der Waals surface area contributed by atoms with Gasteiger partial charge in [-0.3, -0.25) is 0 Å². The van der Waals surface area contributed by atoms with Gasteiger partial charge in [0.15, 0.2) is 11.5 Å². The summed E-state index contributed by atoms with van der Waals surface area (Å²) in [4.78, 5) is 4.91. The standard InChI is InChI=1S/C24H29N3O3/c1-28-18-10-4-15(5-11-18)20-13-21(26-17-8-6-16(25)7-9-17)19-12-23(29-2)24(30-3)14-22(19)27-20/h4-5,10-14,16-17H,6-9,25H2,1-3H3,(H,26,27)/t16-,17-. The zero-order valence-electron chi connectivity index (χ0n) is 17.8. The molecule has 158 valence electrons. The van der Waals surface area contributed by atoms with Crippen molar-refractivity contribution in [3.63, 3.8) is 0 Å². The quantitative estimate of drug-likeness (QED) is 0.621. The average Bonchev–Trinajstić information content (AvgIpc) is 2.79. The van der Waals surface area contributed by atoms with E-state index in [0.29, 0.717) is 23.6 Å². The summed E-state index contributed by atoms with van der Waals surface area (Å²) < 4.78 is 16.3. The van der Waals surface area contributed by atoms with E-state index in [1.807, 2.05) is 36.4 Å². The predicted molar refractivity (Wildman–Crippen MR) is 121 cm³/mol. The van der Waals surface area contributed by atoms with Crippen molar-refractivity contribution in [1.29, 1.82) is 0 Å². The van der Waals surface area contributed by atoms with E-state index in [1.165, 1.54) is 0 Å². The van der Waals surface area contributed by atoms with Gasteiger partial charge in [-0.25, -0.2) is 4.98 Å². The third-order valence-corrected chi connectivity index (χ3v) is 5.83. The second-order valence-corrected chi connectivity index (χ2v) is 7.76. The van der Waals surface area contributed by atoms with Crippen molar-refractivity contribution < 1.29 is 14.2 Å². The van der Waals surface area contributed by atoms with Gasteiger partial charge in [0.2, 0.25) is 0 Å². The van der Waals surface area contributed by atoms with Crippen molar-refractivity contribution in [3.05, 3.63) is 42.5 Å². The molecule has 1 heterocycles. The number of hydrogen-bond acceptors (Lipinski definition) is 6. The molecule has 1 aromatic heterocycles. The van der Waals surface area contributed by atoms with Gasteiger partial charge in [0.25, 0.3) is 0 Å². The molecule has 0 unspecified atom stereocenters. The van der Waals surface area contributed by atoms with E-state index in [9.17, 15) is 0 Å². The van der Waals surface area contributed by atoms with Gasteiger partial charge in [-0.1, -0.05) is 0 Å². The van der Waals surface area contributed by atoms with Crippen LogP contribution in [0.15, 0.2) is 42.5 Å². The topological polar surface area (TPSA) is 78.6 Å². The van der Waals surface area contributed by atoms with Crippen molar-refractivity contribution in [2.75, 3.05) is 26.6 Å². The van der Waals surface area contributed by atoms with Crippen molar-refractivity contribution in [2.45, 2.75) is 37.8 Å². The Labute approximate surface area is 177 Å². The fraction of sp³-hybridized carbons (Fsp3) is 0.375. The number of methoxy groups -OCH3 is 3. The first kappa shape index (κ1) is 20.3. The number of rotatable bonds is 6. The summed E-state index contributed by atoms with van der Waals surface area (Å²) >= 11 is 0. The number of anilines is 1. The lowest BCUT2D eigenvalue weighted by atomic mass is 9.91. The molecular weight excluding hydrogens is 378 g/mol. The van der Waals surface area contributed by atoms with Crippen molar-refractivity contribution in [3.8, 4) is 28.5 Å². The molecule has 0 atom stereocenters. The fourth-order valence-corrected chi connectivity index (χ4v) is 4.07. The van der Waals surface area contributed by atoms with Crippen LogP contribution in [0, 0.1) is 0 Å². The van der Waals surface area contributed by atoms with Crippen molar-refractivity contribution >= 4 is 16.6 Å². The summed E-state index contributed by atoms with van der Waals surface area (Å²) in [6, 6.07) is 14.7. The van der Waals surface area contributed by atoms with Crippen molar-refractivity contribution in [1.82, 2.24) is 4.98 Å². The minimum Gasteiger partial charge on any atom is -0.497 e. The largest absolute Gasteiger partial charge is 0.497 e. The molecule has 4 rings (SSSR count). The number of nitrogens with two attached hydrogens (primary N) is 1. The highest BCUT2D eigenvalue weighted by Gasteiger charge is 2.20. The third-order valence-electron chi connectivity index (χ3n) is 5.83. The molecule has 0 bridgehead atoms. The first-order chi connectivity index (χ1) is 14.6. The van der Waals surface area contributed by atoms with Crippen LogP contribution in [-0.4, -0.2) is 38.4 Å². The number of hydrogen-bond donors (Lipinski definition) is 2. The van der Waals surface area contributed by atoms with Gasteiger partial charge < -0.3 is 25.3 Å². The number of benzene rings is 2. The Hall–Kier alpha value is -2.99. The fourth-order valence-electron chi connectivity index (χ4n) is 4.07. The molecular formula is C24H29N3O3. The van der Waals surface area contributed by atoms with Crippen LogP contribution in [0.1, 0.15) is 25.7 Å². The lowest BCUT2D eigenvalue weighted by Gasteiger charge is -2.28. The number of aromatic nitrogens is 1. The molecule has 1 aliphatic carbocycles. The van der Waals surface area contributed by atoms with E-state index >= 15 is 0 Å². The van der Waals surface area contributed by atoms with Crippen LogP contribution in [0.4, 0.5) is 5.69 Å². The Morgan fingerprint density at radius 1 is 0.867 bits per heavy atom. The maximum atomic E-state index is 6.10. The van der Waals surface area contributed by atoms with E-state index in [0.717, 1.165) is 59.3 Å². The molecule has 30 heavy (non-hydrogen) atoms. The number of fused-ring (bicyclic) bond motifs is 1. The first-order valence-electron chi connectivity index (χ1n) is 10.3. The van der Waals surface area contributed by atoms with Crippen LogP contribution in [-0.2, 0) is 0 Å². The molecule has 6 nitrogen and oxygen atoms in total. The number of pyridine rings is 1. The molecule has 0 amide bonds. The smallest absolute Gasteiger partial charge is 0.162 e. The van der Waals surface area contributed by atoms with Gasteiger partial charge in [-0.15, -0.1) is 0 Å². The molecule has 3 aromatic rings. The zero-order valence-corrected chi connectivity index (χ0v) is 17.8. The van der Waals surface area contributed by atoms with Crippen LogP contribution in [0.3, 0.4) is 0 Å². The summed E-state index contributed by atoms with van der Waals surface area (Å²) in [5.74, 6) is 2.18. The lowest BCUT2D eigenvalue weighted by Crippen LogP contribution is -2.32. The van der Waals surface area contributed by atoms with Gasteiger partial charge in [0.05, 0.1) is 32.5 Å². The van der Waals surface area contributed by atoms with Gasteiger partial charge in [0, 0.05) is 34.8 Å². The van der Waals surface area contributed by atoms with E-state index in [4.69, 9.17) is 24.9 Å². The second-order valence-electron chi connectivity index (χ2n) is 7.76. The molecule has 3 N–H and O–H groups in total. The van der Waals surface area contributed by atoms with E-state index in [1.54, 1.807) is 21.3 Å². The molecule has 0 saturated heterocycles. The molecule has 0 aliphatic heterocycles. The van der Waals surface area contributed by atoms with Crippen molar-refractivity contribution in [2.24, 2.45) is 5.73 Å². The normalized spacial score (nSPS) is 18.8. The van der Waals surface area contributed by atoms with Gasteiger partial charge in [-0.2, -0.15) is 0 Å². The Kier molecular flexibility index (Phi) is 5.95. The van der Waals surface area contributed by atoms with Gasteiger partial charge in [-0.05, 0) is 62.1 Å². The highest BCUT2D eigenvalue weighted by atomic mass is 16.5. The van der Waals surface area contributed by atoms with Crippen LogP contribution < -0.4 is 25.3 Å². The molecule has 0 spiro atoms. The highest BCUT2D eigenvalue weighted by Crippen LogP contribution is 2.37. The van der Waals surface area contributed by atoms with Gasteiger partial charge in [0.1, 0.15) is 5.75 Å². The summed E-state index contributed by atoms with van der Waals surface area (Å²) in [7, 11) is 4.96. The van der Waals surface area contributed by atoms with Crippen LogP contribution in [0.25, 0.3) is 22.2 Å². The minimum absolute atomic E-state index is 0.316. The zero-order chi connectivity index (χ0) is 21.1. The number of ether oxygens (including phenoxy) is 3. The lowest BCUT2D eigenvalue weighted by molar-refractivity contribution is 0.356. The Balaban J connectivity index is 1.80. The highest BCUT2D eigenvalue weighted by molar-refractivity contribution is 5.96. The Morgan fingerprint density at radius 2 is 1.53 bits per heavy atom. The minimum atomic E-state index is 0.316. The van der Waals surface area contributed by atoms with E-state index in [2.05, 4.69) is 11.4 Å². The third kappa shape index (κ3) is 4.14. The molecule has 6 heteroatoms. The molecule has 1 saturated carbocycles. The van der Waals surface area contributed by atoms with E-state index in [-0.39, 0.29) is 0 Å². The van der Waals surface area contributed by atoms with Gasteiger partial charge >= 0.3 is 0 Å². The molecule has 1 aliphatic rings. The molecule has 0 radical (unpaired) electrons. The van der Waals surface area contributed by atoms with Crippen LogP contribution in [0.5, 0.6) is 17.2 Å².